The molecule has 0 saturated heterocycles. The summed E-state index contributed by atoms with van der Waals surface area (Å²) in [6.45, 7) is 0. The Bertz CT molecular complexity index is 360. The van der Waals surface area contributed by atoms with Crippen LogP contribution in [-0.4, -0.2) is 28.9 Å². The molecule has 0 aliphatic heterocycles. The van der Waals surface area contributed by atoms with Gasteiger partial charge >= 0.3 is 0 Å². The largest absolute Gasteiger partial charge is 0.397 e. The Kier molecular flexibility index (Phi) is 2.11. The van der Waals surface area contributed by atoms with Gasteiger partial charge in [0.2, 0.25) is 0 Å². The Labute approximate surface area is 82.7 Å². The highest BCUT2D eigenvalue weighted by Gasteiger charge is 2.31. The summed E-state index contributed by atoms with van der Waals surface area (Å²) in [7, 11) is 1.80. The quantitative estimate of drug-likeness (QED) is 0.755. The van der Waals surface area contributed by atoms with Crippen molar-refractivity contribution in [3.05, 3.63) is 24.0 Å². The molecule has 74 valence electrons. The van der Waals surface area contributed by atoms with Crippen LogP contribution in [0.1, 0.15) is 23.3 Å². The average molecular weight is 191 g/mol. The summed E-state index contributed by atoms with van der Waals surface area (Å²) in [4.78, 5) is 17.5. The smallest absolute Gasteiger partial charge is 0.274 e. The van der Waals surface area contributed by atoms with E-state index in [4.69, 9.17) is 5.73 Å². The number of carbonyl (C=O) groups excluding carboxylic acids is 1. The van der Waals surface area contributed by atoms with Crippen LogP contribution >= 0.6 is 0 Å². The fraction of sp³-hybridized carbons (Fsp3) is 0.400. The van der Waals surface area contributed by atoms with E-state index in [2.05, 4.69) is 4.98 Å². The lowest BCUT2D eigenvalue weighted by Gasteiger charge is -2.16. The molecule has 4 heteroatoms. The molecule has 2 N–H and O–H groups in total. The number of hydrogen-bond acceptors (Lipinski definition) is 3. The number of pyridine rings is 1. The first-order valence-corrected chi connectivity index (χ1v) is 4.68. The van der Waals surface area contributed by atoms with E-state index >= 15 is 0 Å². The fourth-order valence-corrected chi connectivity index (χ4v) is 1.39. The van der Waals surface area contributed by atoms with E-state index in [0.717, 1.165) is 12.8 Å². The van der Waals surface area contributed by atoms with E-state index < -0.39 is 0 Å². The molecule has 0 radical (unpaired) electrons. The Balaban J connectivity index is 2.21. The van der Waals surface area contributed by atoms with Gasteiger partial charge in [-0.3, -0.25) is 4.79 Å². The van der Waals surface area contributed by atoms with Gasteiger partial charge in [0.05, 0.1) is 5.69 Å². The molecule has 1 aromatic rings. The van der Waals surface area contributed by atoms with Crippen LogP contribution in [0.15, 0.2) is 18.3 Å². The third kappa shape index (κ3) is 1.55. The second kappa shape index (κ2) is 3.29. The topological polar surface area (TPSA) is 59.2 Å². The first-order valence-electron chi connectivity index (χ1n) is 4.68. The molecule has 2 rings (SSSR count). The first-order chi connectivity index (χ1) is 6.70. The van der Waals surface area contributed by atoms with Crippen molar-refractivity contribution < 1.29 is 4.79 Å². The molecule has 0 spiro atoms. The first kappa shape index (κ1) is 8.99. The Morgan fingerprint density at radius 1 is 1.64 bits per heavy atom. The minimum absolute atomic E-state index is 0.0781. The van der Waals surface area contributed by atoms with E-state index in [1.807, 2.05) is 0 Å². The molecule has 1 fully saturated rings. The van der Waals surface area contributed by atoms with Gasteiger partial charge in [-0.1, -0.05) is 0 Å². The Hall–Kier alpha value is -1.58. The molecule has 0 unspecified atom stereocenters. The lowest BCUT2D eigenvalue weighted by molar-refractivity contribution is 0.0780. The van der Waals surface area contributed by atoms with Crippen molar-refractivity contribution in [2.24, 2.45) is 0 Å². The van der Waals surface area contributed by atoms with Gasteiger partial charge < -0.3 is 10.6 Å². The van der Waals surface area contributed by atoms with Gasteiger partial charge in [-0.25, -0.2) is 4.98 Å². The highest BCUT2D eigenvalue weighted by molar-refractivity contribution is 5.97. The predicted molar refractivity (Wildman–Crippen MR) is 53.8 cm³/mol. The third-order valence-corrected chi connectivity index (χ3v) is 2.46. The minimum Gasteiger partial charge on any atom is -0.397 e. The normalized spacial score (nSPS) is 15.2. The molecule has 4 nitrogen and oxygen atoms in total. The molecule has 0 bridgehead atoms. The zero-order valence-electron chi connectivity index (χ0n) is 8.10. The molecule has 1 amide bonds. The molecule has 1 heterocycles. The standard InChI is InChI=1S/C10H13N3O/c1-13(7-4-5-7)10(14)9-8(11)3-2-6-12-9/h2-3,6-7H,4-5,11H2,1H3. The summed E-state index contributed by atoms with van der Waals surface area (Å²) >= 11 is 0. The summed E-state index contributed by atoms with van der Waals surface area (Å²) in [5.74, 6) is -0.0781. The van der Waals surface area contributed by atoms with Crippen LogP contribution in [0.3, 0.4) is 0 Å². The number of carbonyl (C=O) groups is 1. The van der Waals surface area contributed by atoms with Crippen molar-refractivity contribution in [3.8, 4) is 0 Å². The second-order valence-electron chi connectivity index (χ2n) is 3.59. The molecular weight excluding hydrogens is 178 g/mol. The predicted octanol–water partition coefficient (Wildman–Crippen LogP) is 0.898. The van der Waals surface area contributed by atoms with E-state index in [1.165, 1.54) is 0 Å². The van der Waals surface area contributed by atoms with Crippen molar-refractivity contribution >= 4 is 11.6 Å². The monoisotopic (exact) mass is 191 g/mol. The summed E-state index contributed by atoms with van der Waals surface area (Å²) in [6, 6.07) is 3.81. The highest BCUT2D eigenvalue weighted by atomic mass is 16.2. The van der Waals surface area contributed by atoms with Crippen molar-refractivity contribution in [2.75, 3.05) is 12.8 Å². The molecule has 1 aliphatic rings. The molecular formula is C10H13N3O. The second-order valence-corrected chi connectivity index (χ2v) is 3.59. The summed E-state index contributed by atoms with van der Waals surface area (Å²) < 4.78 is 0. The average Bonchev–Trinajstić information content (AvgIpc) is 3.00. The summed E-state index contributed by atoms with van der Waals surface area (Å²) in [5, 5.41) is 0. The van der Waals surface area contributed by atoms with Crippen molar-refractivity contribution in [2.45, 2.75) is 18.9 Å². The lowest BCUT2D eigenvalue weighted by atomic mass is 10.2. The number of nitrogens with two attached hydrogens (primary N) is 1. The molecule has 0 atom stereocenters. The number of amides is 1. The minimum atomic E-state index is -0.0781. The molecule has 0 aromatic carbocycles. The van der Waals surface area contributed by atoms with Crippen LogP contribution in [0.5, 0.6) is 0 Å². The van der Waals surface area contributed by atoms with E-state index in [-0.39, 0.29) is 5.91 Å². The van der Waals surface area contributed by atoms with E-state index in [0.29, 0.717) is 17.4 Å². The number of nitrogen functional groups attached to an aromatic ring is 1. The number of anilines is 1. The van der Waals surface area contributed by atoms with Crippen LogP contribution < -0.4 is 5.73 Å². The highest BCUT2D eigenvalue weighted by Crippen LogP contribution is 2.27. The van der Waals surface area contributed by atoms with E-state index in [1.54, 1.807) is 30.3 Å². The SMILES string of the molecule is CN(C(=O)c1ncccc1N)C1CC1. The fourth-order valence-electron chi connectivity index (χ4n) is 1.39. The van der Waals surface area contributed by atoms with Crippen molar-refractivity contribution in [1.29, 1.82) is 0 Å². The van der Waals surface area contributed by atoms with Gasteiger partial charge in [0.25, 0.3) is 5.91 Å². The third-order valence-electron chi connectivity index (χ3n) is 2.46. The van der Waals surface area contributed by atoms with Crippen LogP contribution in [0.2, 0.25) is 0 Å². The van der Waals surface area contributed by atoms with Crippen LogP contribution in [0.4, 0.5) is 5.69 Å². The van der Waals surface area contributed by atoms with Gasteiger partial charge in [-0.15, -0.1) is 0 Å². The van der Waals surface area contributed by atoms with Crippen molar-refractivity contribution in [1.82, 2.24) is 9.88 Å². The molecule has 1 aliphatic carbocycles. The van der Waals surface area contributed by atoms with Crippen molar-refractivity contribution in [3.63, 3.8) is 0 Å². The maximum Gasteiger partial charge on any atom is 0.274 e. The lowest BCUT2D eigenvalue weighted by Crippen LogP contribution is -2.30. The van der Waals surface area contributed by atoms with Gasteiger partial charge in [0, 0.05) is 19.3 Å². The van der Waals surface area contributed by atoms with Gasteiger partial charge in [-0.05, 0) is 25.0 Å². The van der Waals surface area contributed by atoms with Gasteiger partial charge in [0.1, 0.15) is 0 Å². The maximum absolute atomic E-state index is 11.8. The van der Waals surface area contributed by atoms with E-state index in [9.17, 15) is 4.79 Å². The summed E-state index contributed by atoms with van der Waals surface area (Å²) in [5.41, 5.74) is 6.48. The Morgan fingerprint density at radius 3 is 2.93 bits per heavy atom. The Morgan fingerprint density at radius 2 is 2.36 bits per heavy atom. The number of hydrogen-bond donors (Lipinski definition) is 1. The summed E-state index contributed by atoms with van der Waals surface area (Å²) in [6.07, 6.45) is 3.77. The van der Waals surface area contributed by atoms with Crippen LogP contribution in [0, 0.1) is 0 Å². The molecule has 14 heavy (non-hydrogen) atoms. The zero-order chi connectivity index (χ0) is 10.1. The molecule has 1 saturated carbocycles. The zero-order valence-corrected chi connectivity index (χ0v) is 8.10. The van der Waals surface area contributed by atoms with Crippen LogP contribution in [0.25, 0.3) is 0 Å². The number of aromatic nitrogens is 1. The molecule has 1 aromatic heterocycles. The number of nitrogens with zero attached hydrogens (tertiary/aromatic N) is 2. The number of rotatable bonds is 2. The van der Waals surface area contributed by atoms with Gasteiger partial charge in [-0.2, -0.15) is 0 Å². The van der Waals surface area contributed by atoms with Gasteiger partial charge in [0.15, 0.2) is 5.69 Å². The van der Waals surface area contributed by atoms with Crippen LogP contribution in [-0.2, 0) is 0 Å². The maximum atomic E-state index is 11.8.